The third-order valence-corrected chi connectivity index (χ3v) is 2.67. The number of nitrogens with one attached hydrogen (secondary N) is 1. The molecule has 0 aliphatic carbocycles. The minimum atomic E-state index is -0.638. The molecule has 2 heteroatoms. The van der Waals surface area contributed by atoms with Crippen molar-refractivity contribution in [2.75, 3.05) is 6.54 Å². The fourth-order valence-electron chi connectivity index (χ4n) is 1.58. The van der Waals surface area contributed by atoms with E-state index in [-0.39, 0.29) is 6.04 Å². The molecular formula is C10H13NO. The van der Waals surface area contributed by atoms with Crippen molar-refractivity contribution >= 4 is 0 Å². The molecule has 2 N–H and O–H groups in total. The van der Waals surface area contributed by atoms with E-state index in [9.17, 15) is 5.11 Å². The molecule has 0 radical (unpaired) electrons. The molecule has 2 rings (SSSR count). The lowest BCUT2D eigenvalue weighted by Gasteiger charge is -2.45. The van der Waals surface area contributed by atoms with Gasteiger partial charge in [0, 0.05) is 12.6 Å². The SMILES string of the molecule is C[C@H]1NC[C@@]1(O)c1ccccc1. The van der Waals surface area contributed by atoms with E-state index in [2.05, 4.69) is 5.32 Å². The Labute approximate surface area is 72.2 Å². The lowest BCUT2D eigenvalue weighted by Crippen LogP contribution is -2.63. The average molecular weight is 163 g/mol. The zero-order valence-corrected chi connectivity index (χ0v) is 7.12. The van der Waals surface area contributed by atoms with E-state index >= 15 is 0 Å². The third kappa shape index (κ3) is 0.958. The minimum absolute atomic E-state index is 0.167. The minimum Gasteiger partial charge on any atom is -0.382 e. The molecule has 1 saturated heterocycles. The average Bonchev–Trinajstić information content (AvgIpc) is 2.16. The van der Waals surface area contributed by atoms with Crippen LogP contribution in [-0.2, 0) is 5.60 Å². The Hall–Kier alpha value is -0.860. The van der Waals surface area contributed by atoms with E-state index in [1.54, 1.807) is 0 Å². The molecule has 0 bridgehead atoms. The predicted octanol–water partition coefficient (Wildman–Crippen LogP) is 0.866. The third-order valence-electron chi connectivity index (χ3n) is 2.67. The summed E-state index contributed by atoms with van der Waals surface area (Å²) in [6.07, 6.45) is 0. The van der Waals surface area contributed by atoms with E-state index in [0.717, 1.165) is 5.56 Å². The standard InChI is InChI=1S/C10H13NO/c1-8-10(12,7-11-8)9-5-3-2-4-6-9/h2-6,8,11-12H,7H2,1H3/t8-,10+/m1/s1. The molecule has 0 spiro atoms. The summed E-state index contributed by atoms with van der Waals surface area (Å²) in [5, 5.41) is 13.2. The van der Waals surface area contributed by atoms with E-state index in [0.29, 0.717) is 6.54 Å². The first-order valence-corrected chi connectivity index (χ1v) is 4.25. The first-order chi connectivity index (χ1) is 5.73. The summed E-state index contributed by atoms with van der Waals surface area (Å²) >= 11 is 0. The molecule has 0 amide bonds. The molecule has 2 atom stereocenters. The maximum Gasteiger partial charge on any atom is 0.117 e. The van der Waals surface area contributed by atoms with Gasteiger partial charge in [-0.1, -0.05) is 30.3 Å². The second-order valence-corrected chi connectivity index (χ2v) is 3.39. The van der Waals surface area contributed by atoms with Crippen LogP contribution >= 0.6 is 0 Å². The summed E-state index contributed by atoms with van der Waals surface area (Å²) in [7, 11) is 0. The molecule has 1 aromatic rings. The number of hydrogen-bond acceptors (Lipinski definition) is 2. The summed E-state index contributed by atoms with van der Waals surface area (Å²) in [4.78, 5) is 0. The number of aliphatic hydroxyl groups is 1. The number of rotatable bonds is 1. The zero-order valence-electron chi connectivity index (χ0n) is 7.12. The zero-order chi connectivity index (χ0) is 8.60. The summed E-state index contributed by atoms with van der Waals surface area (Å²) in [5.41, 5.74) is 0.373. The second kappa shape index (κ2) is 2.57. The fourth-order valence-corrected chi connectivity index (χ4v) is 1.58. The number of β-amino-alcohol motifs (C(OH)–C–C–N with tert-alkyl or cyclic N) is 1. The molecular weight excluding hydrogens is 150 g/mol. The predicted molar refractivity (Wildman–Crippen MR) is 47.8 cm³/mol. The monoisotopic (exact) mass is 163 g/mol. The van der Waals surface area contributed by atoms with E-state index < -0.39 is 5.60 Å². The van der Waals surface area contributed by atoms with Gasteiger partial charge < -0.3 is 10.4 Å². The Morgan fingerprint density at radius 3 is 2.50 bits per heavy atom. The van der Waals surface area contributed by atoms with Crippen LogP contribution in [0.3, 0.4) is 0 Å². The highest BCUT2D eigenvalue weighted by atomic mass is 16.3. The Morgan fingerprint density at radius 2 is 2.08 bits per heavy atom. The second-order valence-electron chi connectivity index (χ2n) is 3.39. The molecule has 64 valence electrons. The van der Waals surface area contributed by atoms with Crippen molar-refractivity contribution in [3.63, 3.8) is 0 Å². The van der Waals surface area contributed by atoms with Crippen LogP contribution in [0, 0.1) is 0 Å². The van der Waals surface area contributed by atoms with Crippen LogP contribution in [-0.4, -0.2) is 17.7 Å². The van der Waals surface area contributed by atoms with Gasteiger partial charge in [-0.25, -0.2) is 0 Å². The van der Waals surface area contributed by atoms with Crippen molar-refractivity contribution in [3.8, 4) is 0 Å². The van der Waals surface area contributed by atoms with Crippen molar-refractivity contribution in [1.29, 1.82) is 0 Å². The highest BCUT2D eigenvalue weighted by Gasteiger charge is 2.43. The smallest absolute Gasteiger partial charge is 0.117 e. The van der Waals surface area contributed by atoms with E-state index in [1.807, 2.05) is 37.3 Å². The highest BCUT2D eigenvalue weighted by molar-refractivity contribution is 5.27. The Kier molecular flexibility index (Phi) is 1.67. The topological polar surface area (TPSA) is 32.3 Å². The molecule has 1 heterocycles. The summed E-state index contributed by atoms with van der Waals surface area (Å²) in [6, 6.07) is 9.98. The summed E-state index contributed by atoms with van der Waals surface area (Å²) in [6.45, 7) is 2.66. The van der Waals surface area contributed by atoms with Gasteiger partial charge in [0.25, 0.3) is 0 Å². The molecule has 1 aliphatic rings. The number of benzene rings is 1. The van der Waals surface area contributed by atoms with E-state index in [1.165, 1.54) is 0 Å². The molecule has 0 aromatic heterocycles. The van der Waals surface area contributed by atoms with Crippen LogP contribution in [0.1, 0.15) is 12.5 Å². The van der Waals surface area contributed by atoms with Crippen molar-refractivity contribution in [2.24, 2.45) is 0 Å². The van der Waals surface area contributed by atoms with Gasteiger partial charge in [-0.05, 0) is 12.5 Å². The maximum absolute atomic E-state index is 10.1. The maximum atomic E-state index is 10.1. The largest absolute Gasteiger partial charge is 0.382 e. The van der Waals surface area contributed by atoms with Gasteiger partial charge in [-0.2, -0.15) is 0 Å². The quantitative estimate of drug-likeness (QED) is 0.643. The Morgan fingerprint density at radius 1 is 1.42 bits per heavy atom. The van der Waals surface area contributed by atoms with Crippen LogP contribution in [0.2, 0.25) is 0 Å². The molecule has 1 aromatic carbocycles. The lowest BCUT2D eigenvalue weighted by atomic mass is 9.81. The normalized spacial score (nSPS) is 34.3. The van der Waals surface area contributed by atoms with Crippen LogP contribution in [0.25, 0.3) is 0 Å². The van der Waals surface area contributed by atoms with Crippen LogP contribution in [0.5, 0.6) is 0 Å². The lowest BCUT2D eigenvalue weighted by molar-refractivity contribution is -0.0567. The molecule has 0 saturated carbocycles. The van der Waals surface area contributed by atoms with Crippen molar-refractivity contribution in [1.82, 2.24) is 5.32 Å². The van der Waals surface area contributed by atoms with Gasteiger partial charge in [0.2, 0.25) is 0 Å². The molecule has 12 heavy (non-hydrogen) atoms. The van der Waals surface area contributed by atoms with Gasteiger partial charge in [0.05, 0.1) is 0 Å². The first-order valence-electron chi connectivity index (χ1n) is 4.25. The van der Waals surface area contributed by atoms with Crippen LogP contribution in [0.4, 0.5) is 0 Å². The number of hydrogen-bond donors (Lipinski definition) is 2. The molecule has 2 nitrogen and oxygen atoms in total. The fraction of sp³-hybridized carbons (Fsp3) is 0.400. The first kappa shape index (κ1) is 7.77. The van der Waals surface area contributed by atoms with Gasteiger partial charge in [-0.15, -0.1) is 0 Å². The molecule has 1 fully saturated rings. The molecule has 0 unspecified atom stereocenters. The van der Waals surface area contributed by atoms with Gasteiger partial charge >= 0.3 is 0 Å². The highest BCUT2D eigenvalue weighted by Crippen LogP contribution is 2.30. The Balaban J connectivity index is 2.31. The van der Waals surface area contributed by atoms with Crippen LogP contribution < -0.4 is 5.32 Å². The van der Waals surface area contributed by atoms with Crippen molar-refractivity contribution in [2.45, 2.75) is 18.6 Å². The van der Waals surface area contributed by atoms with E-state index in [4.69, 9.17) is 0 Å². The van der Waals surface area contributed by atoms with Gasteiger partial charge in [-0.3, -0.25) is 0 Å². The Bertz CT molecular complexity index is 272. The van der Waals surface area contributed by atoms with Crippen LogP contribution in [0.15, 0.2) is 30.3 Å². The summed E-state index contributed by atoms with van der Waals surface area (Å²) < 4.78 is 0. The summed E-state index contributed by atoms with van der Waals surface area (Å²) in [5.74, 6) is 0. The molecule has 1 aliphatic heterocycles. The van der Waals surface area contributed by atoms with Gasteiger partial charge in [0.15, 0.2) is 0 Å². The van der Waals surface area contributed by atoms with Crippen molar-refractivity contribution in [3.05, 3.63) is 35.9 Å². The van der Waals surface area contributed by atoms with Crippen molar-refractivity contribution < 1.29 is 5.11 Å². The van der Waals surface area contributed by atoms with Gasteiger partial charge in [0.1, 0.15) is 5.60 Å².